The van der Waals surface area contributed by atoms with Crippen molar-refractivity contribution in [2.24, 2.45) is 0 Å². The van der Waals surface area contributed by atoms with Gasteiger partial charge in [-0.05, 0) is 30.8 Å². The highest BCUT2D eigenvalue weighted by atomic mass is 35.5. The highest BCUT2D eigenvalue weighted by Crippen LogP contribution is 2.32. The van der Waals surface area contributed by atoms with Gasteiger partial charge in [0.25, 0.3) is 0 Å². The number of anilines is 1. The van der Waals surface area contributed by atoms with E-state index in [0.29, 0.717) is 5.92 Å². The summed E-state index contributed by atoms with van der Waals surface area (Å²) in [7, 11) is 2.18. The third kappa shape index (κ3) is 2.94. The number of nitrogens with zero attached hydrogens (tertiary/aromatic N) is 1. The zero-order valence-electron chi connectivity index (χ0n) is 10.9. The molecule has 1 unspecified atom stereocenters. The Balaban J connectivity index is 1.63. The quantitative estimate of drug-likeness (QED) is 0.915. The van der Waals surface area contributed by atoms with E-state index in [1.165, 1.54) is 16.1 Å². The molecule has 1 aromatic heterocycles. The van der Waals surface area contributed by atoms with Gasteiger partial charge in [-0.1, -0.05) is 29.8 Å². The van der Waals surface area contributed by atoms with E-state index in [1.807, 2.05) is 6.07 Å². The fraction of sp³-hybridized carbons (Fsp3) is 0.333. The fourth-order valence-electron chi connectivity index (χ4n) is 2.66. The van der Waals surface area contributed by atoms with Gasteiger partial charge in [0.2, 0.25) is 0 Å². The van der Waals surface area contributed by atoms with Gasteiger partial charge in [-0.3, -0.25) is 0 Å². The van der Waals surface area contributed by atoms with Crippen LogP contribution in [-0.4, -0.2) is 25.0 Å². The molecule has 1 atom stereocenters. The maximum Gasteiger partial charge on any atom is 0.0931 e. The molecule has 19 heavy (non-hydrogen) atoms. The summed E-state index contributed by atoms with van der Waals surface area (Å²) in [6.07, 6.45) is 0. The largest absolute Gasteiger partial charge is 0.384 e. The summed E-state index contributed by atoms with van der Waals surface area (Å²) in [6, 6.07) is 12.7. The summed E-state index contributed by atoms with van der Waals surface area (Å²) < 4.78 is 0.872. The molecule has 0 saturated carbocycles. The van der Waals surface area contributed by atoms with E-state index in [2.05, 4.69) is 47.6 Å². The number of nitrogens with one attached hydrogen (secondary N) is 1. The molecule has 2 heterocycles. The van der Waals surface area contributed by atoms with E-state index in [9.17, 15) is 0 Å². The molecule has 0 bridgehead atoms. The minimum absolute atomic E-state index is 0.580. The van der Waals surface area contributed by atoms with Crippen LogP contribution in [0, 0.1) is 0 Å². The molecule has 0 amide bonds. The van der Waals surface area contributed by atoms with E-state index in [1.54, 1.807) is 11.3 Å². The van der Waals surface area contributed by atoms with Crippen molar-refractivity contribution in [3.63, 3.8) is 0 Å². The van der Waals surface area contributed by atoms with E-state index in [-0.39, 0.29) is 0 Å². The van der Waals surface area contributed by atoms with Crippen molar-refractivity contribution in [2.45, 2.75) is 12.5 Å². The Morgan fingerprint density at radius 2 is 2.16 bits per heavy atom. The van der Waals surface area contributed by atoms with E-state index in [4.69, 9.17) is 11.6 Å². The summed E-state index contributed by atoms with van der Waals surface area (Å²) >= 11 is 7.64. The predicted octanol–water partition coefficient (Wildman–Crippen LogP) is 4.04. The lowest BCUT2D eigenvalue weighted by Crippen LogP contribution is -2.24. The third-order valence-electron chi connectivity index (χ3n) is 3.53. The van der Waals surface area contributed by atoms with Crippen LogP contribution in [0.15, 0.2) is 36.4 Å². The number of likely N-dealkylation sites (N-methyl/N-ethyl adjacent to an activating group) is 1. The van der Waals surface area contributed by atoms with Crippen LogP contribution in [0.5, 0.6) is 0 Å². The average Bonchev–Trinajstić information content (AvgIpc) is 2.97. The van der Waals surface area contributed by atoms with E-state index >= 15 is 0 Å². The number of rotatable bonds is 4. The second-order valence-electron chi connectivity index (χ2n) is 5.07. The molecule has 4 heteroatoms. The smallest absolute Gasteiger partial charge is 0.0931 e. The zero-order chi connectivity index (χ0) is 13.2. The molecule has 0 radical (unpaired) electrons. The Kier molecular flexibility index (Phi) is 3.78. The third-order valence-corrected chi connectivity index (χ3v) is 4.74. The molecule has 1 aliphatic rings. The molecule has 0 spiro atoms. The van der Waals surface area contributed by atoms with Crippen molar-refractivity contribution < 1.29 is 0 Å². The Morgan fingerprint density at radius 3 is 2.95 bits per heavy atom. The number of benzene rings is 1. The van der Waals surface area contributed by atoms with Crippen molar-refractivity contribution in [3.8, 4) is 0 Å². The van der Waals surface area contributed by atoms with Gasteiger partial charge in [-0.15, -0.1) is 11.3 Å². The lowest BCUT2D eigenvalue weighted by molar-refractivity contribution is 0.312. The summed E-state index contributed by atoms with van der Waals surface area (Å²) in [4.78, 5) is 3.70. The molecule has 1 N–H and O–H groups in total. The second-order valence-corrected chi connectivity index (χ2v) is 6.87. The number of para-hydroxylation sites is 1. The number of halogens is 1. The first kappa shape index (κ1) is 13.0. The molecule has 1 aromatic carbocycles. The normalized spacial score (nSPS) is 17.5. The molecular weight excluding hydrogens is 276 g/mol. The van der Waals surface area contributed by atoms with Crippen molar-refractivity contribution >= 4 is 28.6 Å². The van der Waals surface area contributed by atoms with Crippen LogP contribution in [0.1, 0.15) is 16.4 Å². The summed E-state index contributed by atoms with van der Waals surface area (Å²) in [5.41, 5.74) is 2.73. The van der Waals surface area contributed by atoms with Crippen LogP contribution in [-0.2, 0) is 6.54 Å². The molecule has 0 saturated heterocycles. The monoisotopic (exact) mass is 292 g/mol. The highest BCUT2D eigenvalue weighted by molar-refractivity contribution is 7.16. The van der Waals surface area contributed by atoms with Gasteiger partial charge in [0.05, 0.1) is 4.34 Å². The number of fused-ring (bicyclic) bond motifs is 1. The summed E-state index contributed by atoms with van der Waals surface area (Å²) in [5, 5.41) is 3.48. The number of thiophene rings is 1. The van der Waals surface area contributed by atoms with Gasteiger partial charge >= 0.3 is 0 Å². The first-order chi connectivity index (χ1) is 9.22. The topological polar surface area (TPSA) is 15.3 Å². The van der Waals surface area contributed by atoms with E-state index in [0.717, 1.165) is 24.0 Å². The van der Waals surface area contributed by atoms with Crippen molar-refractivity contribution in [2.75, 3.05) is 25.5 Å². The van der Waals surface area contributed by atoms with Crippen LogP contribution in [0.3, 0.4) is 0 Å². The van der Waals surface area contributed by atoms with Crippen LogP contribution in [0.4, 0.5) is 5.69 Å². The predicted molar refractivity (Wildman–Crippen MR) is 83.3 cm³/mol. The van der Waals surface area contributed by atoms with Gasteiger partial charge in [0, 0.05) is 36.1 Å². The van der Waals surface area contributed by atoms with Crippen molar-refractivity contribution in [1.29, 1.82) is 0 Å². The van der Waals surface area contributed by atoms with Crippen LogP contribution in [0.25, 0.3) is 0 Å². The lowest BCUT2D eigenvalue weighted by Gasteiger charge is -2.20. The first-order valence-corrected chi connectivity index (χ1v) is 7.67. The Bertz CT molecular complexity index is 567. The molecule has 2 nitrogen and oxygen atoms in total. The van der Waals surface area contributed by atoms with Crippen LogP contribution >= 0.6 is 22.9 Å². The maximum absolute atomic E-state index is 5.97. The lowest BCUT2D eigenvalue weighted by atomic mass is 10.0. The SMILES string of the molecule is CN(Cc1ccc(Cl)s1)CC1CNc2ccccc21. The number of hydrogen-bond acceptors (Lipinski definition) is 3. The Labute approximate surface area is 123 Å². The minimum atomic E-state index is 0.580. The molecule has 3 rings (SSSR count). The van der Waals surface area contributed by atoms with Gasteiger partial charge in [-0.25, -0.2) is 0 Å². The molecule has 1 aliphatic heterocycles. The highest BCUT2D eigenvalue weighted by Gasteiger charge is 2.22. The maximum atomic E-state index is 5.97. The second kappa shape index (κ2) is 5.53. The zero-order valence-corrected chi connectivity index (χ0v) is 12.5. The Morgan fingerprint density at radius 1 is 1.32 bits per heavy atom. The molecule has 0 aliphatic carbocycles. The van der Waals surface area contributed by atoms with Gasteiger partial charge < -0.3 is 10.2 Å². The molecule has 0 fully saturated rings. The van der Waals surface area contributed by atoms with Crippen molar-refractivity contribution in [1.82, 2.24) is 4.90 Å². The number of hydrogen-bond donors (Lipinski definition) is 1. The van der Waals surface area contributed by atoms with Crippen molar-refractivity contribution in [3.05, 3.63) is 51.2 Å². The standard InChI is InChI=1S/C15H17ClN2S/c1-18(10-12-6-7-15(16)19-12)9-11-8-17-14-5-3-2-4-13(11)14/h2-7,11,17H,8-10H2,1H3. The summed E-state index contributed by atoms with van der Waals surface area (Å²) in [6.45, 7) is 3.07. The van der Waals surface area contributed by atoms with Gasteiger partial charge in [-0.2, -0.15) is 0 Å². The van der Waals surface area contributed by atoms with Gasteiger partial charge in [0.15, 0.2) is 0 Å². The van der Waals surface area contributed by atoms with Gasteiger partial charge in [0.1, 0.15) is 0 Å². The fourth-order valence-corrected chi connectivity index (χ4v) is 3.83. The van der Waals surface area contributed by atoms with E-state index < -0.39 is 0 Å². The van der Waals surface area contributed by atoms with Crippen LogP contribution in [0.2, 0.25) is 4.34 Å². The summed E-state index contributed by atoms with van der Waals surface area (Å²) in [5.74, 6) is 0.580. The molecule has 2 aromatic rings. The average molecular weight is 293 g/mol. The molecular formula is C15H17ClN2S. The first-order valence-electron chi connectivity index (χ1n) is 6.48. The Hall–Kier alpha value is -1.03. The molecule has 100 valence electrons. The minimum Gasteiger partial charge on any atom is -0.384 e. The van der Waals surface area contributed by atoms with Crippen LogP contribution < -0.4 is 5.32 Å².